The first kappa shape index (κ1) is 18.1. The van der Waals surface area contributed by atoms with E-state index in [9.17, 15) is 0 Å². The number of rotatable bonds is 2. The number of benzene rings is 2. The second-order valence-electron chi connectivity index (χ2n) is 4.95. The molecule has 130 valence electrons. The van der Waals surface area contributed by atoms with Crippen LogP contribution in [0.4, 0.5) is 0 Å². The molecule has 0 fully saturated rings. The average molecular weight is 442 g/mol. The smallest absolute Gasteiger partial charge is 0.215 e. The molecular formula is C16H13NO5S2Se. The van der Waals surface area contributed by atoms with Gasteiger partial charge >= 0.3 is 126 Å². The van der Waals surface area contributed by atoms with Crippen molar-refractivity contribution in [2.75, 3.05) is 7.11 Å². The topological polar surface area (TPSA) is 90.8 Å². The molecule has 0 aliphatic heterocycles. The van der Waals surface area contributed by atoms with E-state index in [4.69, 9.17) is 22.3 Å². The molecule has 0 unspecified atom stereocenters. The van der Waals surface area contributed by atoms with Crippen molar-refractivity contribution in [3.8, 4) is 17.0 Å². The Morgan fingerprint density at radius 1 is 1.16 bits per heavy atom. The maximum absolute atomic E-state index is 8.63. The predicted octanol–water partition coefficient (Wildman–Crippen LogP) is 2.38. The Hall–Kier alpha value is -1.74. The minimum atomic E-state index is -4.92. The van der Waals surface area contributed by atoms with Gasteiger partial charge in [-0.2, -0.15) is 0 Å². The van der Waals surface area contributed by atoms with Gasteiger partial charge < -0.3 is 4.55 Å². The van der Waals surface area contributed by atoms with Crippen molar-refractivity contribution in [2.45, 2.75) is 0 Å². The molecule has 2 heterocycles. The van der Waals surface area contributed by atoms with Crippen LogP contribution >= 0.6 is 11.3 Å². The molecule has 0 saturated carbocycles. The average Bonchev–Trinajstić information content (AvgIpc) is 3.12. The summed E-state index contributed by atoms with van der Waals surface area (Å²) in [6.07, 6.45) is 0. The number of hydrogen-bond acceptors (Lipinski definition) is 5. The molecule has 25 heavy (non-hydrogen) atoms. The van der Waals surface area contributed by atoms with Crippen LogP contribution < -0.4 is 9.14 Å². The van der Waals surface area contributed by atoms with E-state index in [1.807, 2.05) is 23.5 Å². The van der Waals surface area contributed by atoms with E-state index < -0.39 is 10.4 Å². The van der Waals surface area contributed by atoms with Crippen molar-refractivity contribution in [1.29, 1.82) is 0 Å². The molecule has 4 aromatic rings. The van der Waals surface area contributed by atoms with Crippen molar-refractivity contribution in [3.63, 3.8) is 0 Å². The van der Waals surface area contributed by atoms with Crippen molar-refractivity contribution < 1.29 is 26.7 Å². The molecule has 2 aromatic heterocycles. The number of methoxy groups -OCH3 is 1. The van der Waals surface area contributed by atoms with Crippen LogP contribution in [-0.2, 0) is 10.4 Å². The van der Waals surface area contributed by atoms with Crippen molar-refractivity contribution in [3.05, 3.63) is 53.5 Å². The van der Waals surface area contributed by atoms with Crippen molar-refractivity contribution in [2.24, 2.45) is 0 Å². The molecule has 0 radical (unpaired) electrons. The minimum Gasteiger partial charge on any atom is -0.726 e. The van der Waals surface area contributed by atoms with Gasteiger partial charge in [-0.05, 0) is 0 Å². The second-order valence-corrected chi connectivity index (χ2v) is 9.22. The third-order valence-electron chi connectivity index (χ3n) is 3.38. The minimum absolute atomic E-state index is 0.430. The number of aromatic nitrogens is 1. The number of nitrogens with zero attached hydrogens (tertiary/aromatic N) is 1. The summed E-state index contributed by atoms with van der Waals surface area (Å²) in [6, 6.07) is 16.9. The van der Waals surface area contributed by atoms with Crippen LogP contribution in [0.3, 0.4) is 0 Å². The summed E-state index contributed by atoms with van der Waals surface area (Å²) < 4.78 is 43.3. The predicted molar refractivity (Wildman–Crippen MR) is 96.2 cm³/mol. The summed E-state index contributed by atoms with van der Waals surface area (Å²) >= 11 is 2.34. The monoisotopic (exact) mass is 443 g/mol. The molecular weight excluding hydrogens is 429 g/mol. The van der Waals surface area contributed by atoms with E-state index in [1.165, 1.54) is 25.2 Å². The summed E-state index contributed by atoms with van der Waals surface area (Å²) in [7, 11) is -3.22. The van der Waals surface area contributed by atoms with Crippen LogP contribution in [-0.4, -0.2) is 39.1 Å². The maximum Gasteiger partial charge on any atom is 0.215 e. The molecule has 0 aliphatic carbocycles. The maximum atomic E-state index is 8.63. The first-order valence-corrected chi connectivity index (χ1v) is 11.0. The normalized spacial score (nSPS) is 11.3. The van der Waals surface area contributed by atoms with Gasteiger partial charge in [-0.15, -0.1) is 0 Å². The third-order valence-corrected chi connectivity index (χ3v) is 6.85. The molecule has 0 aliphatic rings. The zero-order chi connectivity index (χ0) is 18.0. The quantitative estimate of drug-likeness (QED) is 0.223. The Bertz CT molecular complexity index is 1110. The third kappa shape index (κ3) is 4.27. The van der Waals surface area contributed by atoms with Crippen LogP contribution in [0.2, 0.25) is 0 Å². The fourth-order valence-corrected chi connectivity index (χ4v) is 6.03. The molecule has 0 bridgehead atoms. The number of thiazole rings is 1. The van der Waals surface area contributed by atoms with Gasteiger partial charge in [0, 0.05) is 0 Å². The Balaban J connectivity index is 0.000000324. The molecule has 0 spiro atoms. The van der Waals surface area contributed by atoms with Gasteiger partial charge in [-0.3, -0.25) is 4.55 Å². The second kappa shape index (κ2) is 7.25. The zero-order valence-electron chi connectivity index (χ0n) is 12.9. The number of fused-ring (bicyclic) bond motifs is 3. The molecule has 4 rings (SSSR count). The summed E-state index contributed by atoms with van der Waals surface area (Å²) in [4.78, 5) is 2.37. The first-order valence-electron chi connectivity index (χ1n) is 7.00. The van der Waals surface area contributed by atoms with E-state index in [0.29, 0.717) is 14.5 Å². The molecule has 0 atom stereocenters. The standard InChI is InChI=1S/C16H12NOSSe.H2O4S/c1-18-12-8-6-11(7-9-12)14-10-20-16-17(14)13-4-2-3-5-15(13)19-16;1-5(2,3)4/h2-10H,1H3;(H2,1,2,3,4)/q+1;/p-1. The fourth-order valence-electron chi connectivity index (χ4n) is 2.39. The summed E-state index contributed by atoms with van der Waals surface area (Å²) in [6.45, 7) is 0. The summed E-state index contributed by atoms with van der Waals surface area (Å²) in [5.74, 6) is 0.901. The first-order chi connectivity index (χ1) is 11.9. The summed E-state index contributed by atoms with van der Waals surface area (Å²) in [5, 5.41) is 0. The number of hydrogen-bond donors (Lipinski definition) is 1. The van der Waals surface area contributed by atoms with Crippen LogP contribution in [0.25, 0.3) is 25.2 Å². The zero-order valence-corrected chi connectivity index (χ0v) is 16.3. The van der Waals surface area contributed by atoms with Gasteiger partial charge in [-0.1, -0.05) is 0 Å². The SMILES string of the molecule is COc1ccc(-c2c[se]c3sc4ccccc4[n+]23)cc1.O=S(=O)([O-])O. The van der Waals surface area contributed by atoms with Crippen molar-refractivity contribution in [1.82, 2.24) is 0 Å². The fraction of sp³-hybridized carbons (Fsp3) is 0.0625. The van der Waals surface area contributed by atoms with Crippen LogP contribution in [0, 0.1) is 0 Å². The molecule has 1 N–H and O–H groups in total. The van der Waals surface area contributed by atoms with Gasteiger partial charge in [-0.25, -0.2) is 8.42 Å². The van der Waals surface area contributed by atoms with Gasteiger partial charge in [0.2, 0.25) is 10.4 Å². The molecule has 0 amide bonds. The molecule has 6 nitrogen and oxygen atoms in total. The summed E-state index contributed by atoms with van der Waals surface area (Å²) in [5.41, 5.74) is 3.87. The van der Waals surface area contributed by atoms with E-state index in [1.54, 1.807) is 7.11 Å². The Morgan fingerprint density at radius 3 is 2.44 bits per heavy atom. The molecule has 2 aromatic carbocycles. The molecule has 0 saturated heterocycles. The van der Waals surface area contributed by atoms with Gasteiger partial charge in [0.25, 0.3) is 0 Å². The van der Waals surface area contributed by atoms with E-state index in [0.717, 1.165) is 5.75 Å². The Kier molecular flexibility index (Phi) is 5.24. The Morgan fingerprint density at radius 2 is 1.80 bits per heavy atom. The molecule has 9 heteroatoms. The van der Waals surface area contributed by atoms with Gasteiger partial charge in [0.1, 0.15) is 0 Å². The number of ether oxygens (including phenoxy) is 1. The van der Waals surface area contributed by atoms with E-state index in [-0.39, 0.29) is 0 Å². The number of para-hydroxylation sites is 1. The van der Waals surface area contributed by atoms with Crippen LogP contribution in [0.1, 0.15) is 0 Å². The van der Waals surface area contributed by atoms with Crippen LogP contribution in [0.5, 0.6) is 5.75 Å². The van der Waals surface area contributed by atoms with Gasteiger partial charge in [0.15, 0.2) is 0 Å². The van der Waals surface area contributed by atoms with Gasteiger partial charge in [0.05, 0.1) is 0 Å². The van der Waals surface area contributed by atoms with E-state index in [2.05, 4.69) is 45.7 Å². The van der Waals surface area contributed by atoms with Crippen molar-refractivity contribution >= 4 is 50.2 Å². The van der Waals surface area contributed by atoms with E-state index >= 15 is 0 Å². The Labute approximate surface area is 154 Å². The largest absolute Gasteiger partial charge is 0.726 e. The van der Waals surface area contributed by atoms with Crippen LogP contribution in [0.15, 0.2) is 53.5 Å².